The predicted octanol–water partition coefficient (Wildman–Crippen LogP) is 2.82. The zero-order chi connectivity index (χ0) is 13.7. The second kappa shape index (κ2) is 6.66. The third kappa shape index (κ3) is 5.32. The van der Waals surface area contributed by atoms with Crippen molar-refractivity contribution in [1.29, 1.82) is 0 Å². The number of aldehydes is 1. The number of carbonyl (C=O) groups is 1. The summed E-state index contributed by atoms with van der Waals surface area (Å²) in [4.78, 5) is 10.8. The minimum absolute atomic E-state index is 0.0424. The summed E-state index contributed by atoms with van der Waals surface area (Å²) in [6.07, 6.45) is 1.51. The van der Waals surface area contributed by atoms with E-state index in [-0.39, 0.29) is 11.1 Å². The third-order valence-corrected chi connectivity index (χ3v) is 8.25. The van der Waals surface area contributed by atoms with Crippen LogP contribution in [0.25, 0.3) is 0 Å². The van der Waals surface area contributed by atoms with Crippen LogP contribution in [-0.2, 0) is 9.22 Å². The molecular weight excluding hydrogens is 230 g/mol. The van der Waals surface area contributed by atoms with Crippen LogP contribution in [-0.4, -0.2) is 34.3 Å². The molecule has 1 N–H and O–H groups in total. The molecule has 0 aliphatic heterocycles. The van der Waals surface area contributed by atoms with Gasteiger partial charge in [-0.2, -0.15) is 0 Å². The average Bonchev–Trinajstić information content (AvgIpc) is 2.15. The van der Waals surface area contributed by atoms with Crippen LogP contribution in [0.15, 0.2) is 0 Å². The molecule has 0 saturated heterocycles. The molecule has 0 rings (SSSR count). The molecule has 4 heteroatoms. The van der Waals surface area contributed by atoms with E-state index in [0.29, 0.717) is 12.3 Å². The fourth-order valence-corrected chi connectivity index (χ4v) is 2.94. The van der Waals surface area contributed by atoms with Crippen molar-refractivity contribution in [2.45, 2.75) is 58.4 Å². The Morgan fingerprint density at radius 1 is 1.35 bits per heavy atom. The number of rotatable bonds is 7. The van der Waals surface area contributed by atoms with Gasteiger partial charge in [-0.05, 0) is 37.6 Å². The molecule has 0 saturated carbocycles. The van der Waals surface area contributed by atoms with Crippen LogP contribution in [0.5, 0.6) is 0 Å². The third-order valence-electron chi connectivity index (χ3n) is 3.74. The lowest BCUT2D eigenvalue weighted by Crippen LogP contribution is -2.46. The highest BCUT2D eigenvalue weighted by Gasteiger charge is 2.39. The summed E-state index contributed by atoms with van der Waals surface area (Å²) in [6, 6.07) is 0. The molecule has 0 heterocycles. The smallest absolute Gasteiger partial charge is 0.192 e. The van der Waals surface area contributed by atoms with Gasteiger partial charge >= 0.3 is 0 Å². The number of nitrogens with one attached hydrogen (secondary N) is 1. The molecule has 3 nitrogen and oxygen atoms in total. The zero-order valence-corrected chi connectivity index (χ0v) is 13.5. The molecule has 17 heavy (non-hydrogen) atoms. The van der Waals surface area contributed by atoms with E-state index in [9.17, 15) is 4.79 Å². The van der Waals surface area contributed by atoms with Gasteiger partial charge in [-0.1, -0.05) is 27.7 Å². The predicted molar refractivity (Wildman–Crippen MR) is 75.8 cm³/mol. The second-order valence-corrected chi connectivity index (χ2v) is 11.1. The van der Waals surface area contributed by atoms with Crippen molar-refractivity contribution in [3.8, 4) is 0 Å². The molecule has 0 radical (unpaired) electrons. The van der Waals surface area contributed by atoms with Crippen LogP contribution in [0.1, 0.15) is 34.1 Å². The SMILES string of the molecule is CNCC(C)[C@@H](CC=O)O[Si](C)(C)C(C)(C)C. The van der Waals surface area contributed by atoms with Gasteiger partial charge in [-0.15, -0.1) is 0 Å². The van der Waals surface area contributed by atoms with Crippen LogP contribution in [0.3, 0.4) is 0 Å². The van der Waals surface area contributed by atoms with Crippen molar-refractivity contribution in [1.82, 2.24) is 5.32 Å². The fraction of sp³-hybridized carbons (Fsp3) is 0.923. The van der Waals surface area contributed by atoms with Gasteiger partial charge < -0.3 is 14.5 Å². The fourth-order valence-electron chi connectivity index (χ4n) is 1.50. The minimum atomic E-state index is -1.78. The van der Waals surface area contributed by atoms with Crippen molar-refractivity contribution in [2.24, 2.45) is 5.92 Å². The summed E-state index contributed by atoms with van der Waals surface area (Å²) < 4.78 is 6.32. The monoisotopic (exact) mass is 259 g/mol. The molecule has 0 spiro atoms. The highest BCUT2D eigenvalue weighted by molar-refractivity contribution is 6.74. The molecule has 102 valence electrons. The van der Waals surface area contributed by atoms with Gasteiger partial charge in [0.2, 0.25) is 0 Å². The van der Waals surface area contributed by atoms with E-state index in [4.69, 9.17) is 4.43 Å². The Balaban J connectivity index is 4.69. The Morgan fingerprint density at radius 3 is 2.24 bits per heavy atom. The first-order chi connectivity index (χ1) is 7.65. The summed E-state index contributed by atoms with van der Waals surface area (Å²) in [6.45, 7) is 14.2. The summed E-state index contributed by atoms with van der Waals surface area (Å²) in [7, 11) is 0.148. The van der Waals surface area contributed by atoms with Gasteiger partial charge in [0.1, 0.15) is 6.29 Å². The van der Waals surface area contributed by atoms with E-state index in [1.54, 1.807) is 0 Å². The quantitative estimate of drug-likeness (QED) is 0.564. The summed E-state index contributed by atoms with van der Waals surface area (Å²) in [5, 5.41) is 3.34. The molecule has 0 aliphatic rings. The molecule has 0 aromatic rings. The lowest BCUT2D eigenvalue weighted by molar-refractivity contribution is -0.109. The molecule has 1 unspecified atom stereocenters. The van der Waals surface area contributed by atoms with Crippen molar-refractivity contribution < 1.29 is 9.22 Å². The molecule has 0 aromatic heterocycles. The summed E-state index contributed by atoms with van der Waals surface area (Å²) in [5.41, 5.74) is 0. The second-order valence-electron chi connectivity index (χ2n) is 6.35. The Morgan fingerprint density at radius 2 is 1.88 bits per heavy atom. The van der Waals surface area contributed by atoms with Crippen molar-refractivity contribution in [3.05, 3.63) is 0 Å². The van der Waals surface area contributed by atoms with E-state index >= 15 is 0 Å². The molecule has 0 aromatic carbocycles. The van der Waals surface area contributed by atoms with Gasteiger partial charge in [-0.25, -0.2) is 0 Å². The van der Waals surface area contributed by atoms with Crippen LogP contribution < -0.4 is 5.32 Å². The summed E-state index contributed by atoms with van der Waals surface area (Å²) in [5.74, 6) is 0.360. The Bertz CT molecular complexity index is 236. The van der Waals surface area contributed by atoms with Crippen LogP contribution in [0, 0.1) is 5.92 Å². The van der Waals surface area contributed by atoms with Gasteiger partial charge in [-0.3, -0.25) is 0 Å². The van der Waals surface area contributed by atoms with E-state index in [2.05, 4.69) is 46.1 Å². The van der Waals surface area contributed by atoms with Crippen LogP contribution in [0.4, 0.5) is 0 Å². The highest BCUT2D eigenvalue weighted by atomic mass is 28.4. The van der Waals surface area contributed by atoms with E-state index < -0.39 is 8.32 Å². The Labute approximate surface area is 107 Å². The standard InChI is InChI=1S/C13H29NO2Si/c1-11(10-14-5)12(8-9-15)16-17(6,7)13(2,3)4/h9,11-12,14H,8,10H2,1-7H3/t11?,12-/m1/s1. The number of carbonyl (C=O) groups excluding carboxylic acids is 1. The van der Waals surface area contributed by atoms with E-state index in [1.165, 1.54) is 0 Å². The largest absolute Gasteiger partial charge is 0.413 e. The molecule has 0 fully saturated rings. The molecule has 0 amide bonds. The molecule has 0 bridgehead atoms. The molecular formula is C13H29NO2Si. The zero-order valence-electron chi connectivity index (χ0n) is 12.5. The first-order valence-electron chi connectivity index (χ1n) is 6.41. The molecule has 2 atom stereocenters. The van der Waals surface area contributed by atoms with Crippen LogP contribution >= 0.6 is 0 Å². The molecule has 0 aliphatic carbocycles. The van der Waals surface area contributed by atoms with Gasteiger partial charge in [0.05, 0.1) is 6.10 Å². The van der Waals surface area contributed by atoms with E-state index in [0.717, 1.165) is 12.8 Å². The Kier molecular flexibility index (Phi) is 6.59. The van der Waals surface area contributed by atoms with Crippen LogP contribution in [0.2, 0.25) is 18.1 Å². The van der Waals surface area contributed by atoms with Crippen molar-refractivity contribution in [2.75, 3.05) is 13.6 Å². The normalized spacial score (nSPS) is 16.6. The number of hydrogen-bond acceptors (Lipinski definition) is 3. The first-order valence-corrected chi connectivity index (χ1v) is 9.32. The van der Waals surface area contributed by atoms with Crippen molar-refractivity contribution in [3.63, 3.8) is 0 Å². The van der Waals surface area contributed by atoms with Gasteiger partial charge in [0.15, 0.2) is 8.32 Å². The Hall–Kier alpha value is -0.193. The lowest BCUT2D eigenvalue weighted by Gasteiger charge is -2.40. The van der Waals surface area contributed by atoms with E-state index in [1.807, 2.05) is 7.05 Å². The maximum Gasteiger partial charge on any atom is 0.192 e. The van der Waals surface area contributed by atoms with Gasteiger partial charge in [0, 0.05) is 6.42 Å². The van der Waals surface area contributed by atoms with Crippen molar-refractivity contribution >= 4 is 14.6 Å². The first kappa shape index (κ1) is 16.8. The topological polar surface area (TPSA) is 38.3 Å². The lowest BCUT2D eigenvalue weighted by atomic mass is 10.0. The summed E-state index contributed by atoms with van der Waals surface area (Å²) >= 11 is 0. The highest BCUT2D eigenvalue weighted by Crippen LogP contribution is 2.38. The maximum absolute atomic E-state index is 10.8. The average molecular weight is 259 g/mol. The van der Waals surface area contributed by atoms with Gasteiger partial charge in [0.25, 0.3) is 0 Å². The maximum atomic E-state index is 10.8. The minimum Gasteiger partial charge on any atom is -0.413 e. The number of hydrogen-bond donors (Lipinski definition) is 1.